The first-order valence-corrected chi connectivity index (χ1v) is 6.74. The van der Waals surface area contributed by atoms with Crippen LogP contribution in [-0.2, 0) is 4.79 Å². The van der Waals surface area contributed by atoms with Gasteiger partial charge in [-0.15, -0.1) is 0 Å². The standard InChI is InChI=1S/C14H21N3OS/c1-4-7-16-13(18)9-17(3)12-6-5-10(2)8-11(12)14(15)19/h5-6,8H,4,7,9H2,1-3H3,(H2,15,19)(H,16,18). The molecule has 1 aromatic carbocycles. The third-order valence-electron chi connectivity index (χ3n) is 2.78. The molecule has 0 aliphatic carbocycles. The lowest BCUT2D eigenvalue weighted by Gasteiger charge is -2.22. The second kappa shape index (κ2) is 7.09. The predicted molar refractivity (Wildman–Crippen MR) is 83.6 cm³/mol. The molecular weight excluding hydrogens is 258 g/mol. The van der Waals surface area contributed by atoms with Crippen LogP contribution in [0.5, 0.6) is 0 Å². The maximum atomic E-state index is 11.7. The molecule has 0 saturated carbocycles. The van der Waals surface area contributed by atoms with E-state index in [9.17, 15) is 4.79 Å². The number of aryl methyl sites for hydroxylation is 1. The highest BCUT2D eigenvalue weighted by molar-refractivity contribution is 7.80. The molecule has 0 atom stereocenters. The third-order valence-corrected chi connectivity index (χ3v) is 3.00. The molecule has 0 heterocycles. The van der Waals surface area contributed by atoms with Gasteiger partial charge in [0.2, 0.25) is 5.91 Å². The minimum absolute atomic E-state index is 0.00110. The highest BCUT2D eigenvalue weighted by Crippen LogP contribution is 2.20. The van der Waals surface area contributed by atoms with Gasteiger partial charge in [0, 0.05) is 24.8 Å². The molecule has 4 nitrogen and oxygen atoms in total. The Balaban J connectivity index is 2.84. The fourth-order valence-electron chi connectivity index (χ4n) is 1.80. The molecule has 0 fully saturated rings. The Morgan fingerprint density at radius 3 is 2.74 bits per heavy atom. The number of hydrogen-bond donors (Lipinski definition) is 2. The van der Waals surface area contributed by atoms with Gasteiger partial charge in [0.15, 0.2) is 0 Å². The van der Waals surface area contributed by atoms with Gasteiger partial charge in [-0.1, -0.05) is 30.8 Å². The van der Waals surface area contributed by atoms with Crippen molar-refractivity contribution in [2.45, 2.75) is 20.3 Å². The zero-order valence-electron chi connectivity index (χ0n) is 11.7. The van der Waals surface area contributed by atoms with Crippen molar-refractivity contribution in [3.8, 4) is 0 Å². The van der Waals surface area contributed by atoms with Crippen molar-refractivity contribution in [2.75, 3.05) is 25.0 Å². The topological polar surface area (TPSA) is 58.4 Å². The van der Waals surface area contributed by atoms with Gasteiger partial charge in [-0.2, -0.15) is 0 Å². The zero-order chi connectivity index (χ0) is 14.4. The van der Waals surface area contributed by atoms with Crippen LogP contribution in [-0.4, -0.2) is 31.0 Å². The zero-order valence-corrected chi connectivity index (χ0v) is 12.5. The summed E-state index contributed by atoms with van der Waals surface area (Å²) in [7, 11) is 1.86. The number of nitrogens with two attached hydrogens (primary N) is 1. The average molecular weight is 279 g/mol. The molecular formula is C14H21N3OS. The van der Waals surface area contributed by atoms with E-state index in [0.29, 0.717) is 18.1 Å². The second-order valence-corrected chi connectivity index (χ2v) is 5.03. The average Bonchev–Trinajstić information content (AvgIpc) is 2.35. The molecule has 104 valence electrons. The van der Waals surface area contributed by atoms with Gasteiger partial charge < -0.3 is 16.0 Å². The van der Waals surface area contributed by atoms with Gasteiger partial charge >= 0.3 is 0 Å². The van der Waals surface area contributed by atoms with E-state index in [1.165, 1.54) is 0 Å². The van der Waals surface area contributed by atoms with Crippen molar-refractivity contribution in [3.63, 3.8) is 0 Å². The van der Waals surface area contributed by atoms with Crippen molar-refractivity contribution in [2.24, 2.45) is 5.73 Å². The summed E-state index contributed by atoms with van der Waals surface area (Å²) in [4.78, 5) is 13.9. The van der Waals surface area contributed by atoms with Crippen LogP contribution in [0.1, 0.15) is 24.5 Å². The number of thiocarbonyl (C=S) groups is 1. The highest BCUT2D eigenvalue weighted by atomic mass is 32.1. The Hall–Kier alpha value is -1.62. The number of benzene rings is 1. The molecule has 1 rings (SSSR count). The van der Waals surface area contributed by atoms with Crippen molar-refractivity contribution in [3.05, 3.63) is 29.3 Å². The fraction of sp³-hybridized carbons (Fsp3) is 0.429. The van der Waals surface area contributed by atoms with E-state index in [-0.39, 0.29) is 5.91 Å². The van der Waals surface area contributed by atoms with Crippen LogP contribution in [0.4, 0.5) is 5.69 Å². The Morgan fingerprint density at radius 2 is 2.16 bits per heavy atom. The van der Waals surface area contributed by atoms with Crippen molar-refractivity contribution >= 4 is 28.8 Å². The Morgan fingerprint density at radius 1 is 1.47 bits per heavy atom. The van der Waals surface area contributed by atoms with E-state index in [1.54, 1.807) is 0 Å². The van der Waals surface area contributed by atoms with E-state index >= 15 is 0 Å². The largest absolute Gasteiger partial charge is 0.389 e. The minimum Gasteiger partial charge on any atom is -0.389 e. The van der Waals surface area contributed by atoms with Crippen LogP contribution in [0.2, 0.25) is 0 Å². The molecule has 0 aliphatic heterocycles. The smallest absolute Gasteiger partial charge is 0.239 e. The minimum atomic E-state index is -0.00110. The molecule has 0 aliphatic rings. The number of rotatable bonds is 6. The monoisotopic (exact) mass is 279 g/mol. The lowest BCUT2D eigenvalue weighted by atomic mass is 10.1. The van der Waals surface area contributed by atoms with E-state index in [4.69, 9.17) is 18.0 Å². The molecule has 5 heteroatoms. The predicted octanol–water partition coefficient (Wildman–Crippen LogP) is 1.59. The first-order chi connectivity index (χ1) is 8.95. The summed E-state index contributed by atoms with van der Waals surface area (Å²) in [6.07, 6.45) is 0.929. The van der Waals surface area contributed by atoms with E-state index in [1.807, 2.05) is 44.0 Å². The summed E-state index contributed by atoms with van der Waals surface area (Å²) in [5.41, 5.74) is 8.52. The van der Waals surface area contributed by atoms with Crippen LogP contribution in [0.3, 0.4) is 0 Å². The second-order valence-electron chi connectivity index (χ2n) is 4.59. The number of carbonyl (C=O) groups excluding carboxylic acids is 1. The van der Waals surface area contributed by atoms with E-state index in [2.05, 4.69) is 5.32 Å². The summed E-state index contributed by atoms with van der Waals surface area (Å²) in [5, 5.41) is 2.85. The maximum absolute atomic E-state index is 11.7. The number of carbonyl (C=O) groups is 1. The number of likely N-dealkylation sites (N-methyl/N-ethyl adjacent to an activating group) is 1. The lowest BCUT2D eigenvalue weighted by Crippen LogP contribution is -2.36. The Bertz CT molecular complexity index is 474. The van der Waals surface area contributed by atoms with Gasteiger partial charge in [0.1, 0.15) is 4.99 Å². The van der Waals surface area contributed by atoms with Crippen LogP contribution in [0.15, 0.2) is 18.2 Å². The van der Waals surface area contributed by atoms with Crippen LogP contribution in [0.25, 0.3) is 0 Å². The summed E-state index contributed by atoms with van der Waals surface area (Å²) in [5.74, 6) is -0.00110. The van der Waals surface area contributed by atoms with Gasteiger partial charge in [0.05, 0.1) is 6.54 Å². The lowest BCUT2D eigenvalue weighted by molar-refractivity contribution is -0.119. The number of anilines is 1. The number of nitrogens with zero attached hydrogens (tertiary/aromatic N) is 1. The molecule has 0 bridgehead atoms. The van der Waals surface area contributed by atoms with Crippen molar-refractivity contribution in [1.82, 2.24) is 5.32 Å². The van der Waals surface area contributed by atoms with E-state index < -0.39 is 0 Å². The van der Waals surface area contributed by atoms with Crippen LogP contribution in [0, 0.1) is 6.92 Å². The highest BCUT2D eigenvalue weighted by Gasteiger charge is 2.12. The molecule has 1 aromatic rings. The normalized spacial score (nSPS) is 10.1. The summed E-state index contributed by atoms with van der Waals surface area (Å²) in [6, 6.07) is 5.87. The van der Waals surface area contributed by atoms with Crippen LogP contribution >= 0.6 is 12.2 Å². The number of nitrogens with one attached hydrogen (secondary N) is 1. The van der Waals surface area contributed by atoms with E-state index in [0.717, 1.165) is 23.2 Å². The summed E-state index contributed by atoms with van der Waals surface area (Å²) < 4.78 is 0. The molecule has 0 radical (unpaired) electrons. The fourth-order valence-corrected chi connectivity index (χ4v) is 1.96. The third kappa shape index (κ3) is 4.52. The molecule has 0 unspecified atom stereocenters. The van der Waals surface area contributed by atoms with Crippen molar-refractivity contribution in [1.29, 1.82) is 0 Å². The summed E-state index contributed by atoms with van der Waals surface area (Å²) >= 11 is 5.06. The van der Waals surface area contributed by atoms with Gasteiger partial charge in [0.25, 0.3) is 0 Å². The summed E-state index contributed by atoms with van der Waals surface area (Å²) in [6.45, 7) is 5.00. The maximum Gasteiger partial charge on any atom is 0.239 e. The number of amides is 1. The van der Waals surface area contributed by atoms with Gasteiger partial charge in [-0.05, 0) is 25.5 Å². The molecule has 0 spiro atoms. The van der Waals surface area contributed by atoms with Crippen molar-refractivity contribution < 1.29 is 4.79 Å². The molecule has 0 aromatic heterocycles. The number of hydrogen-bond acceptors (Lipinski definition) is 3. The first-order valence-electron chi connectivity index (χ1n) is 6.34. The molecule has 0 saturated heterocycles. The van der Waals surface area contributed by atoms with Crippen LogP contribution < -0.4 is 16.0 Å². The Kier molecular flexibility index (Phi) is 5.76. The molecule has 19 heavy (non-hydrogen) atoms. The van der Waals surface area contributed by atoms with Gasteiger partial charge in [-0.3, -0.25) is 4.79 Å². The SMILES string of the molecule is CCCNC(=O)CN(C)c1ccc(C)cc1C(N)=S. The molecule has 3 N–H and O–H groups in total. The Labute approximate surface area is 120 Å². The van der Waals surface area contributed by atoms with Gasteiger partial charge in [-0.25, -0.2) is 0 Å². The quantitative estimate of drug-likeness (QED) is 0.777. The molecule has 1 amide bonds. The first kappa shape index (κ1) is 15.4.